The van der Waals surface area contributed by atoms with Crippen molar-refractivity contribution in [1.82, 2.24) is 0 Å². The van der Waals surface area contributed by atoms with Gasteiger partial charge in [-0.05, 0) is 68.7 Å². The molecular weight excluding hydrogens is 469 g/mol. The van der Waals surface area contributed by atoms with E-state index in [0.29, 0.717) is 21.5 Å². The zero-order valence-corrected chi connectivity index (χ0v) is 21.2. The maximum absolute atomic E-state index is 12.7. The van der Waals surface area contributed by atoms with Gasteiger partial charge in [-0.2, -0.15) is 0 Å². The van der Waals surface area contributed by atoms with E-state index in [1.165, 1.54) is 17.2 Å². The molecule has 0 saturated carbocycles. The average Bonchev–Trinajstić information content (AvgIpc) is 3.16. The van der Waals surface area contributed by atoms with Gasteiger partial charge in [-0.1, -0.05) is 47.0 Å². The number of halogens is 2. The number of benzene rings is 3. The van der Waals surface area contributed by atoms with E-state index < -0.39 is 0 Å². The first-order valence-electron chi connectivity index (χ1n) is 10.8. The molecule has 4 aromatic rings. The van der Waals surface area contributed by atoms with Gasteiger partial charge in [0.1, 0.15) is 11.3 Å². The summed E-state index contributed by atoms with van der Waals surface area (Å²) in [7, 11) is 1.62. The Morgan fingerprint density at radius 1 is 1.00 bits per heavy atom. The number of methoxy groups -OCH3 is 1. The molecule has 0 radical (unpaired) electrons. The van der Waals surface area contributed by atoms with Gasteiger partial charge in [0.25, 0.3) is 0 Å². The molecule has 0 bridgehead atoms. The zero-order chi connectivity index (χ0) is 24.6. The van der Waals surface area contributed by atoms with Gasteiger partial charge in [-0.15, -0.1) is 0 Å². The Morgan fingerprint density at radius 3 is 2.35 bits per heavy atom. The van der Waals surface area contributed by atoms with Crippen molar-refractivity contribution in [3.05, 3.63) is 87.1 Å². The third-order valence-corrected chi connectivity index (χ3v) is 6.26. The van der Waals surface area contributed by atoms with Gasteiger partial charge >= 0.3 is 0 Å². The molecule has 1 amide bonds. The Balaban J connectivity index is 1.78. The standard InChI is InChI=1S/C28H25Cl2NO3/c1-15-6-7-22(16(2)8-15)25-14-34-28-18(4)27(33-5)23(13-24(25)28)17(3)9-26(32)31-21-11-19(29)10-20(30)12-21/h6-14H,1-5H3,(H,31,32)/b17-9+. The normalized spacial score (nSPS) is 11.7. The second-order valence-electron chi connectivity index (χ2n) is 8.40. The minimum atomic E-state index is -0.294. The predicted octanol–water partition coefficient (Wildman–Crippen LogP) is 8.38. The highest BCUT2D eigenvalue weighted by molar-refractivity contribution is 6.35. The summed E-state index contributed by atoms with van der Waals surface area (Å²) in [5.41, 5.74) is 8.23. The molecule has 3 aromatic carbocycles. The lowest BCUT2D eigenvalue weighted by Crippen LogP contribution is -2.08. The smallest absolute Gasteiger partial charge is 0.248 e. The van der Waals surface area contributed by atoms with E-state index in [9.17, 15) is 4.79 Å². The fraction of sp³-hybridized carbons (Fsp3) is 0.179. The van der Waals surface area contributed by atoms with Crippen molar-refractivity contribution in [3.63, 3.8) is 0 Å². The fourth-order valence-electron chi connectivity index (χ4n) is 4.27. The largest absolute Gasteiger partial charge is 0.496 e. The predicted molar refractivity (Wildman–Crippen MR) is 141 cm³/mol. The number of anilines is 1. The summed E-state index contributed by atoms with van der Waals surface area (Å²) in [6, 6.07) is 13.3. The van der Waals surface area contributed by atoms with Crippen molar-refractivity contribution >= 4 is 51.3 Å². The van der Waals surface area contributed by atoms with Crippen LogP contribution in [0.4, 0.5) is 5.69 Å². The highest BCUT2D eigenvalue weighted by Gasteiger charge is 2.19. The number of rotatable bonds is 5. The molecule has 0 spiro atoms. The van der Waals surface area contributed by atoms with Crippen molar-refractivity contribution in [2.24, 2.45) is 0 Å². The lowest BCUT2D eigenvalue weighted by atomic mass is 9.94. The molecule has 1 aromatic heterocycles. The summed E-state index contributed by atoms with van der Waals surface area (Å²) in [6.07, 6.45) is 3.32. The van der Waals surface area contributed by atoms with Crippen molar-refractivity contribution < 1.29 is 13.9 Å². The first-order chi connectivity index (χ1) is 16.2. The van der Waals surface area contributed by atoms with Crippen LogP contribution >= 0.6 is 23.2 Å². The quantitative estimate of drug-likeness (QED) is 0.284. The number of amides is 1. The summed E-state index contributed by atoms with van der Waals surface area (Å²) in [6.45, 7) is 8.01. The SMILES string of the molecule is COc1c(/C(C)=C/C(=O)Nc2cc(Cl)cc(Cl)c2)cc2c(-c3ccc(C)cc3C)coc2c1C. The van der Waals surface area contributed by atoms with Crippen LogP contribution in [-0.4, -0.2) is 13.0 Å². The minimum Gasteiger partial charge on any atom is -0.496 e. The van der Waals surface area contributed by atoms with Gasteiger partial charge in [-0.3, -0.25) is 4.79 Å². The van der Waals surface area contributed by atoms with Gasteiger partial charge in [0.05, 0.1) is 13.4 Å². The van der Waals surface area contributed by atoms with Crippen LogP contribution in [0, 0.1) is 20.8 Å². The molecule has 0 aliphatic rings. The summed E-state index contributed by atoms with van der Waals surface area (Å²) in [5, 5.41) is 4.68. The first-order valence-corrected chi connectivity index (χ1v) is 11.6. The molecule has 0 atom stereocenters. The van der Waals surface area contributed by atoms with Crippen LogP contribution in [0.25, 0.3) is 27.7 Å². The molecule has 0 saturated heterocycles. The number of hydrogen-bond acceptors (Lipinski definition) is 3. The first kappa shape index (κ1) is 23.9. The minimum absolute atomic E-state index is 0.294. The number of nitrogens with one attached hydrogen (secondary N) is 1. The molecule has 1 N–H and O–H groups in total. The van der Waals surface area contributed by atoms with E-state index in [0.717, 1.165) is 38.8 Å². The van der Waals surface area contributed by atoms with Crippen molar-refractivity contribution in [2.75, 3.05) is 12.4 Å². The van der Waals surface area contributed by atoms with Gasteiger partial charge in [-0.25, -0.2) is 0 Å². The van der Waals surface area contributed by atoms with E-state index in [1.54, 1.807) is 31.6 Å². The van der Waals surface area contributed by atoms with Crippen LogP contribution in [0.1, 0.15) is 29.2 Å². The summed E-state index contributed by atoms with van der Waals surface area (Å²) >= 11 is 12.1. The highest BCUT2D eigenvalue weighted by Crippen LogP contribution is 2.41. The Hall–Kier alpha value is -3.21. The van der Waals surface area contributed by atoms with Crippen LogP contribution in [-0.2, 0) is 4.79 Å². The summed E-state index contributed by atoms with van der Waals surface area (Å²) in [5.74, 6) is 0.374. The van der Waals surface area contributed by atoms with E-state index in [2.05, 4.69) is 37.4 Å². The van der Waals surface area contributed by atoms with Crippen molar-refractivity contribution in [3.8, 4) is 16.9 Å². The molecule has 174 valence electrons. The average molecular weight is 494 g/mol. The number of aryl methyl sites for hydroxylation is 3. The molecule has 4 nitrogen and oxygen atoms in total. The fourth-order valence-corrected chi connectivity index (χ4v) is 4.80. The summed E-state index contributed by atoms with van der Waals surface area (Å²) in [4.78, 5) is 12.7. The number of carbonyl (C=O) groups excluding carboxylic acids is 1. The van der Waals surface area contributed by atoms with Crippen LogP contribution in [0.5, 0.6) is 5.75 Å². The third-order valence-electron chi connectivity index (χ3n) is 5.82. The van der Waals surface area contributed by atoms with Crippen LogP contribution < -0.4 is 10.1 Å². The molecule has 0 fully saturated rings. The molecule has 34 heavy (non-hydrogen) atoms. The topological polar surface area (TPSA) is 51.5 Å². The number of furan rings is 1. The molecular formula is C28H25Cl2NO3. The second kappa shape index (κ2) is 9.57. The van der Waals surface area contributed by atoms with E-state index >= 15 is 0 Å². The number of fused-ring (bicyclic) bond motifs is 1. The van der Waals surface area contributed by atoms with Crippen LogP contribution in [0.15, 0.2) is 59.2 Å². The lowest BCUT2D eigenvalue weighted by Gasteiger charge is -2.14. The van der Waals surface area contributed by atoms with E-state index in [-0.39, 0.29) is 5.91 Å². The lowest BCUT2D eigenvalue weighted by molar-refractivity contribution is -0.111. The molecule has 6 heteroatoms. The molecule has 0 unspecified atom stereocenters. The highest BCUT2D eigenvalue weighted by atomic mass is 35.5. The number of carbonyl (C=O) groups is 1. The Morgan fingerprint density at radius 2 is 1.71 bits per heavy atom. The number of hydrogen-bond donors (Lipinski definition) is 1. The van der Waals surface area contributed by atoms with Gasteiger partial charge < -0.3 is 14.5 Å². The van der Waals surface area contributed by atoms with E-state index in [4.69, 9.17) is 32.4 Å². The van der Waals surface area contributed by atoms with Gasteiger partial charge in [0, 0.05) is 43.9 Å². The molecule has 0 aliphatic carbocycles. The third kappa shape index (κ3) is 4.70. The zero-order valence-electron chi connectivity index (χ0n) is 19.7. The van der Waals surface area contributed by atoms with Gasteiger partial charge in [0.15, 0.2) is 0 Å². The maximum atomic E-state index is 12.7. The Bertz CT molecular complexity index is 1430. The van der Waals surface area contributed by atoms with Gasteiger partial charge in [0.2, 0.25) is 5.91 Å². The maximum Gasteiger partial charge on any atom is 0.248 e. The monoisotopic (exact) mass is 493 g/mol. The van der Waals surface area contributed by atoms with Crippen LogP contribution in [0.2, 0.25) is 10.0 Å². The van der Waals surface area contributed by atoms with Crippen LogP contribution in [0.3, 0.4) is 0 Å². The Kier molecular flexibility index (Phi) is 6.74. The number of allylic oxidation sites excluding steroid dienone is 1. The van der Waals surface area contributed by atoms with E-state index in [1.807, 2.05) is 19.9 Å². The Labute approximate surface area is 209 Å². The number of ether oxygens (including phenoxy) is 1. The molecule has 0 aliphatic heterocycles. The van der Waals surface area contributed by atoms with Crippen molar-refractivity contribution in [1.29, 1.82) is 0 Å². The second-order valence-corrected chi connectivity index (χ2v) is 9.27. The summed E-state index contributed by atoms with van der Waals surface area (Å²) < 4.78 is 11.7. The molecule has 1 heterocycles. The molecule has 4 rings (SSSR count). The van der Waals surface area contributed by atoms with Crippen molar-refractivity contribution in [2.45, 2.75) is 27.7 Å².